The Morgan fingerprint density at radius 3 is 2.32 bits per heavy atom. The van der Waals surface area contributed by atoms with E-state index < -0.39 is 40.3 Å². The number of rotatable bonds is 4. The quantitative estimate of drug-likeness (QED) is 0.410. The van der Waals surface area contributed by atoms with Crippen LogP contribution in [-0.4, -0.2) is 50.8 Å². The minimum atomic E-state index is -1.18. The lowest BCUT2D eigenvalue weighted by atomic mass is 9.50. The van der Waals surface area contributed by atoms with Crippen LogP contribution in [0.4, 0.5) is 0 Å². The highest BCUT2D eigenvalue weighted by atomic mass is 16.7. The molecule has 7 heteroatoms. The summed E-state index contributed by atoms with van der Waals surface area (Å²) in [6, 6.07) is 9.57. The standard InChI is InChI=1S/C30H34O7/c1-15(2)20-11-10-16(3)29-12-21-22(17-8-6-5-7-9-17)23-25(34)18(13-31)24(33)19(14-32)26(23)36-28(21,4)27(35)30(20,29)37-29/h5-9,13-16,20-22,27,33-35H,10-12H2,1-4H3/t16-,20+,21-,22+,27-,28+,29-,30-/m1/s1. The Balaban J connectivity index is 1.64. The van der Waals surface area contributed by atoms with Crippen LogP contribution < -0.4 is 4.74 Å². The largest absolute Gasteiger partial charge is 0.507 e. The molecule has 2 aliphatic carbocycles. The molecule has 6 rings (SSSR count). The van der Waals surface area contributed by atoms with Gasteiger partial charge in [0.05, 0.1) is 11.1 Å². The second-order valence-electron chi connectivity index (χ2n) is 12.0. The monoisotopic (exact) mass is 506 g/mol. The lowest BCUT2D eigenvalue weighted by Gasteiger charge is -2.57. The van der Waals surface area contributed by atoms with Crippen molar-refractivity contribution in [1.29, 1.82) is 0 Å². The maximum atomic E-state index is 12.3. The number of epoxide rings is 1. The van der Waals surface area contributed by atoms with Crippen LogP contribution >= 0.6 is 0 Å². The third-order valence-corrected chi connectivity index (χ3v) is 10.2. The van der Waals surface area contributed by atoms with Crippen molar-refractivity contribution in [3.8, 4) is 17.2 Å². The Bertz CT molecular complexity index is 1290. The first kappa shape index (κ1) is 24.4. The van der Waals surface area contributed by atoms with Gasteiger partial charge in [-0.15, -0.1) is 0 Å². The van der Waals surface area contributed by atoms with Crippen molar-refractivity contribution < 1.29 is 34.4 Å². The number of aldehydes is 2. The average Bonchev–Trinajstić information content (AvgIpc) is 3.57. The molecule has 0 aromatic heterocycles. The van der Waals surface area contributed by atoms with Crippen LogP contribution in [0.25, 0.3) is 0 Å². The molecule has 0 unspecified atom stereocenters. The topological polar surface area (TPSA) is 117 Å². The highest BCUT2D eigenvalue weighted by molar-refractivity contribution is 5.95. The molecule has 7 nitrogen and oxygen atoms in total. The van der Waals surface area contributed by atoms with Crippen LogP contribution in [0.15, 0.2) is 30.3 Å². The maximum absolute atomic E-state index is 12.3. The van der Waals surface area contributed by atoms with E-state index >= 15 is 0 Å². The highest BCUT2D eigenvalue weighted by Gasteiger charge is 2.86. The van der Waals surface area contributed by atoms with Gasteiger partial charge in [-0.1, -0.05) is 51.1 Å². The molecule has 0 spiro atoms. The molecular weight excluding hydrogens is 472 g/mol. The van der Waals surface area contributed by atoms with Crippen LogP contribution in [-0.2, 0) is 4.74 Å². The predicted octanol–water partition coefficient (Wildman–Crippen LogP) is 4.60. The molecular formula is C30H34O7. The van der Waals surface area contributed by atoms with Crippen LogP contribution in [0.3, 0.4) is 0 Å². The Morgan fingerprint density at radius 1 is 1.03 bits per heavy atom. The van der Waals surface area contributed by atoms with Gasteiger partial charge in [0.1, 0.15) is 40.2 Å². The maximum Gasteiger partial charge on any atom is 0.157 e. The summed E-state index contributed by atoms with van der Waals surface area (Å²) in [5.41, 5.74) is -1.87. The van der Waals surface area contributed by atoms with E-state index in [1.807, 2.05) is 37.3 Å². The lowest BCUT2D eigenvalue weighted by molar-refractivity contribution is -0.160. The number of carbonyl (C=O) groups is 2. The fourth-order valence-electron chi connectivity index (χ4n) is 8.35. The van der Waals surface area contributed by atoms with Gasteiger partial charge in [0, 0.05) is 17.4 Å². The molecule has 8 atom stereocenters. The van der Waals surface area contributed by atoms with E-state index in [1.165, 1.54) is 0 Å². The van der Waals surface area contributed by atoms with Crippen molar-refractivity contribution in [1.82, 2.24) is 0 Å². The second kappa shape index (κ2) is 7.81. The number of fused-ring (bicyclic) bond motifs is 2. The molecule has 2 aromatic rings. The third kappa shape index (κ3) is 2.79. The van der Waals surface area contributed by atoms with Crippen molar-refractivity contribution in [2.45, 2.75) is 75.8 Å². The molecule has 0 radical (unpaired) electrons. The molecule has 37 heavy (non-hydrogen) atoms. The van der Waals surface area contributed by atoms with Gasteiger partial charge >= 0.3 is 0 Å². The van der Waals surface area contributed by atoms with E-state index in [4.69, 9.17) is 9.47 Å². The number of carbonyl (C=O) groups excluding carboxylic acids is 2. The molecule has 3 fully saturated rings. The second-order valence-corrected chi connectivity index (χ2v) is 12.0. The van der Waals surface area contributed by atoms with Gasteiger partial charge in [-0.05, 0) is 49.5 Å². The fraction of sp³-hybridized carbons (Fsp3) is 0.533. The number of hydrogen-bond donors (Lipinski definition) is 3. The number of aliphatic hydroxyl groups is 1. The first-order valence-corrected chi connectivity index (χ1v) is 13.2. The molecule has 2 aliphatic heterocycles. The molecule has 0 bridgehead atoms. The lowest BCUT2D eigenvalue weighted by Crippen LogP contribution is -2.69. The molecule has 2 aromatic carbocycles. The summed E-state index contributed by atoms with van der Waals surface area (Å²) in [7, 11) is 0. The summed E-state index contributed by atoms with van der Waals surface area (Å²) in [5.74, 6) is -1.20. The molecule has 0 amide bonds. The van der Waals surface area contributed by atoms with Crippen molar-refractivity contribution in [2.24, 2.45) is 23.7 Å². The summed E-state index contributed by atoms with van der Waals surface area (Å²) in [5, 5.41) is 34.3. The van der Waals surface area contributed by atoms with Gasteiger partial charge in [0.25, 0.3) is 0 Å². The summed E-state index contributed by atoms with van der Waals surface area (Å²) < 4.78 is 13.3. The minimum absolute atomic E-state index is 0.0109. The Hall–Kier alpha value is -2.90. The number of phenolic OH excluding ortho intramolecular Hbond substituents is 2. The van der Waals surface area contributed by atoms with E-state index in [9.17, 15) is 24.9 Å². The summed E-state index contributed by atoms with van der Waals surface area (Å²) in [6.07, 6.45) is 2.32. The van der Waals surface area contributed by atoms with Gasteiger partial charge in [0.2, 0.25) is 0 Å². The number of aromatic hydroxyl groups is 2. The molecule has 196 valence electrons. The van der Waals surface area contributed by atoms with Crippen LogP contribution in [0, 0.1) is 23.7 Å². The highest BCUT2D eigenvalue weighted by Crippen LogP contribution is 2.75. The Kier molecular flexibility index (Phi) is 5.16. The number of hydrogen-bond acceptors (Lipinski definition) is 7. The van der Waals surface area contributed by atoms with E-state index in [-0.39, 0.29) is 40.2 Å². The van der Waals surface area contributed by atoms with Gasteiger partial charge in [0.15, 0.2) is 12.6 Å². The van der Waals surface area contributed by atoms with Crippen molar-refractivity contribution in [3.05, 3.63) is 52.6 Å². The summed E-state index contributed by atoms with van der Waals surface area (Å²) >= 11 is 0. The molecule has 1 saturated heterocycles. The zero-order valence-electron chi connectivity index (χ0n) is 21.6. The van der Waals surface area contributed by atoms with Gasteiger partial charge in [-0.25, -0.2) is 0 Å². The van der Waals surface area contributed by atoms with E-state index in [1.54, 1.807) is 0 Å². The Morgan fingerprint density at radius 2 is 1.70 bits per heavy atom. The first-order valence-electron chi connectivity index (χ1n) is 13.2. The fourth-order valence-corrected chi connectivity index (χ4v) is 8.35. The smallest absolute Gasteiger partial charge is 0.157 e. The van der Waals surface area contributed by atoms with Gasteiger partial charge < -0.3 is 24.8 Å². The van der Waals surface area contributed by atoms with Crippen molar-refractivity contribution in [2.75, 3.05) is 0 Å². The first-order chi connectivity index (χ1) is 17.6. The molecule has 3 N–H and O–H groups in total. The van der Waals surface area contributed by atoms with Crippen LogP contribution in [0.1, 0.15) is 84.7 Å². The third-order valence-electron chi connectivity index (χ3n) is 10.2. The van der Waals surface area contributed by atoms with Gasteiger partial charge in [-0.3, -0.25) is 9.59 Å². The molecule has 2 heterocycles. The zero-order chi connectivity index (χ0) is 26.5. The molecule has 2 saturated carbocycles. The van der Waals surface area contributed by atoms with Crippen molar-refractivity contribution >= 4 is 12.6 Å². The van der Waals surface area contributed by atoms with Crippen LogP contribution in [0.2, 0.25) is 0 Å². The molecule has 4 aliphatic rings. The number of benzene rings is 2. The normalized spacial score (nSPS) is 39.5. The SMILES string of the molecule is CC(C)[C@@H]1CC[C@@H](C)[C@]23C[C@@H]4[C@H](c5ccccc5)c5c(O)c(C=O)c(O)c(C=O)c5O[C@]4(C)[C@@H](O)[C@]12O3. The Labute approximate surface area is 216 Å². The van der Waals surface area contributed by atoms with E-state index in [0.717, 1.165) is 18.4 Å². The zero-order valence-corrected chi connectivity index (χ0v) is 21.6. The van der Waals surface area contributed by atoms with E-state index in [2.05, 4.69) is 20.8 Å². The predicted molar refractivity (Wildman–Crippen MR) is 135 cm³/mol. The summed E-state index contributed by atoms with van der Waals surface area (Å²) in [6.45, 7) is 8.37. The van der Waals surface area contributed by atoms with Gasteiger partial charge in [-0.2, -0.15) is 0 Å². The van der Waals surface area contributed by atoms with Crippen LogP contribution in [0.5, 0.6) is 17.2 Å². The summed E-state index contributed by atoms with van der Waals surface area (Å²) in [4.78, 5) is 24.1. The van der Waals surface area contributed by atoms with Crippen molar-refractivity contribution in [3.63, 3.8) is 0 Å². The number of aliphatic hydroxyl groups excluding tert-OH is 1. The average molecular weight is 507 g/mol. The van der Waals surface area contributed by atoms with E-state index in [0.29, 0.717) is 24.9 Å². The minimum Gasteiger partial charge on any atom is -0.507 e. The number of ether oxygens (including phenoxy) is 2. The number of phenols is 2.